The summed E-state index contributed by atoms with van der Waals surface area (Å²) in [7, 11) is 0. The van der Waals surface area contributed by atoms with Gasteiger partial charge in [0.15, 0.2) is 11.5 Å². The molecule has 2 atom stereocenters. The molecule has 9 nitrogen and oxygen atoms in total. The first-order valence-corrected chi connectivity index (χ1v) is 14.2. The first-order chi connectivity index (χ1) is 19.2. The summed E-state index contributed by atoms with van der Waals surface area (Å²) in [4.78, 5) is 41.9. The Morgan fingerprint density at radius 3 is 2.55 bits per heavy atom. The molecule has 40 heavy (non-hydrogen) atoms. The van der Waals surface area contributed by atoms with Gasteiger partial charge in [-0.15, -0.1) is 0 Å². The highest BCUT2D eigenvalue weighted by atomic mass is 35.5. The number of hydrogen-bond donors (Lipinski definition) is 1. The smallest absolute Gasteiger partial charge is 0.486 e. The van der Waals surface area contributed by atoms with Crippen LogP contribution in [0.25, 0.3) is 0 Å². The zero-order valence-corrected chi connectivity index (χ0v) is 23.6. The van der Waals surface area contributed by atoms with E-state index >= 15 is 0 Å². The van der Waals surface area contributed by atoms with Crippen LogP contribution in [-0.2, 0) is 14.3 Å². The maximum atomic E-state index is 14.2. The van der Waals surface area contributed by atoms with E-state index in [0.717, 1.165) is 16.7 Å². The molecule has 1 saturated heterocycles. The minimum absolute atomic E-state index is 0.0670. The van der Waals surface area contributed by atoms with Gasteiger partial charge in [-0.25, -0.2) is 4.79 Å². The molecular formula is C30H35ClN2O7. The molecule has 0 spiro atoms. The molecule has 0 saturated carbocycles. The van der Waals surface area contributed by atoms with E-state index < -0.39 is 18.2 Å². The molecule has 214 valence electrons. The summed E-state index contributed by atoms with van der Waals surface area (Å²) < 4.78 is 16.8. The van der Waals surface area contributed by atoms with Crippen molar-refractivity contribution in [3.63, 3.8) is 0 Å². The monoisotopic (exact) mass is 570 g/mol. The summed E-state index contributed by atoms with van der Waals surface area (Å²) in [5, 5.41) is 9.49. The highest BCUT2D eigenvalue weighted by Crippen LogP contribution is 2.45. The summed E-state index contributed by atoms with van der Waals surface area (Å²) in [5.41, 5.74) is 2.77. The van der Waals surface area contributed by atoms with Crippen LogP contribution in [-0.4, -0.2) is 78.4 Å². The number of piperidine rings is 1. The lowest BCUT2D eigenvalue weighted by atomic mass is 9.82. The highest BCUT2D eigenvalue weighted by molar-refractivity contribution is 6.30. The summed E-state index contributed by atoms with van der Waals surface area (Å²) in [5.74, 6) is 0.621. The van der Waals surface area contributed by atoms with Crippen LogP contribution in [0, 0.1) is 5.92 Å². The van der Waals surface area contributed by atoms with Crippen molar-refractivity contribution in [2.45, 2.75) is 51.0 Å². The van der Waals surface area contributed by atoms with Crippen LogP contribution < -0.4 is 9.47 Å². The Hall–Kier alpha value is -3.46. The van der Waals surface area contributed by atoms with Gasteiger partial charge in [0.1, 0.15) is 19.3 Å². The van der Waals surface area contributed by atoms with Crippen LogP contribution in [0.5, 0.6) is 11.5 Å². The van der Waals surface area contributed by atoms with Crippen LogP contribution in [0.15, 0.2) is 36.4 Å². The van der Waals surface area contributed by atoms with Gasteiger partial charge in [0, 0.05) is 49.0 Å². The van der Waals surface area contributed by atoms with Crippen LogP contribution in [0.1, 0.15) is 61.6 Å². The van der Waals surface area contributed by atoms with Gasteiger partial charge in [0.25, 0.3) is 0 Å². The molecule has 3 heterocycles. The Balaban J connectivity index is 1.49. The maximum absolute atomic E-state index is 14.2. The second-order valence-electron chi connectivity index (χ2n) is 11.1. The SMILES string of the molecule is CC(C)CC1C(=O)N(CC(=O)N2CCC(OC(=O)O)CC2)CC(c2cccc3c2OCCO3)c2cc(Cl)ccc21. The highest BCUT2D eigenvalue weighted by Gasteiger charge is 2.39. The summed E-state index contributed by atoms with van der Waals surface area (Å²) in [6.07, 6.45) is -0.231. The van der Waals surface area contributed by atoms with Crippen molar-refractivity contribution in [1.29, 1.82) is 0 Å². The number of likely N-dealkylation sites (tertiary alicyclic amines) is 1. The number of para-hydroxylation sites is 1. The zero-order valence-electron chi connectivity index (χ0n) is 22.8. The van der Waals surface area contributed by atoms with Crippen molar-refractivity contribution in [2.75, 3.05) is 39.4 Å². The number of benzene rings is 2. The van der Waals surface area contributed by atoms with Gasteiger partial charge in [-0.2, -0.15) is 0 Å². The number of carboxylic acid groups (broad SMARTS) is 1. The number of ether oxygens (including phenoxy) is 3. The Kier molecular flexibility index (Phi) is 8.40. The fourth-order valence-corrected chi connectivity index (χ4v) is 6.21. The van der Waals surface area contributed by atoms with E-state index in [0.29, 0.717) is 62.1 Å². The van der Waals surface area contributed by atoms with E-state index in [-0.39, 0.29) is 36.7 Å². The second kappa shape index (κ2) is 12.0. The summed E-state index contributed by atoms with van der Waals surface area (Å²) >= 11 is 6.52. The molecular weight excluding hydrogens is 536 g/mol. The Labute approximate surface area is 238 Å². The van der Waals surface area contributed by atoms with Crippen molar-refractivity contribution in [3.8, 4) is 11.5 Å². The molecule has 0 radical (unpaired) electrons. The van der Waals surface area contributed by atoms with Crippen LogP contribution in [0.2, 0.25) is 5.02 Å². The minimum atomic E-state index is -1.31. The van der Waals surface area contributed by atoms with E-state index in [2.05, 4.69) is 13.8 Å². The molecule has 2 aromatic carbocycles. The average Bonchev–Trinajstić information content (AvgIpc) is 3.03. The van der Waals surface area contributed by atoms with Gasteiger partial charge in [-0.05, 0) is 41.7 Å². The fourth-order valence-electron chi connectivity index (χ4n) is 6.03. The third-order valence-electron chi connectivity index (χ3n) is 7.88. The first kappa shape index (κ1) is 28.1. The lowest BCUT2D eigenvalue weighted by Crippen LogP contribution is -2.48. The molecule has 1 fully saturated rings. The lowest BCUT2D eigenvalue weighted by molar-refractivity contribution is -0.142. The summed E-state index contributed by atoms with van der Waals surface area (Å²) in [6, 6.07) is 11.5. The quantitative estimate of drug-likeness (QED) is 0.492. The topological polar surface area (TPSA) is 106 Å². The van der Waals surface area contributed by atoms with Crippen molar-refractivity contribution in [2.24, 2.45) is 5.92 Å². The number of fused-ring (bicyclic) bond motifs is 2. The second-order valence-corrected chi connectivity index (χ2v) is 11.5. The number of nitrogens with zero attached hydrogens (tertiary/aromatic N) is 2. The predicted molar refractivity (Wildman–Crippen MR) is 148 cm³/mol. The third-order valence-corrected chi connectivity index (χ3v) is 8.11. The van der Waals surface area contributed by atoms with E-state index in [4.69, 9.17) is 30.9 Å². The lowest BCUT2D eigenvalue weighted by Gasteiger charge is -2.34. The molecule has 2 amide bonds. The largest absolute Gasteiger partial charge is 0.506 e. The molecule has 0 bridgehead atoms. The van der Waals surface area contributed by atoms with Gasteiger partial charge < -0.3 is 29.1 Å². The number of carbonyl (C=O) groups is 3. The molecule has 0 aliphatic carbocycles. The zero-order chi connectivity index (χ0) is 28.4. The third kappa shape index (κ3) is 5.99. The van der Waals surface area contributed by atoms with Crippen molar-refractivity contribution in [1.82, 2.24) is 9.80 Å². The summed E-state index contributed by atoms with van der Waals surface area (Å²) in [6.45, 7) is 6.04. The van der Waals surface area contributed by atoms with Crippen molar-refractivity contribution >= 4 is 29.6 Å². The minimum Gasteiger partial charge on any atom is -0.486 e. The van der Waals surface area contributed by atoms with E-state index in [1.54, 1.807) is 9.80 Å². The van der Waals surface area contributed by atoms with Gasteiger partial charge in [-0.3, -0.25) is 9.59 Å². The average molecular weight is 571 g/mol. The maximum Gasteiger partial charge on any atom is 0.506 e. The van der Waals surface area contributed by atoms with Crippen LogP contribution >= 0.6 is 11.6 Å². The predicted octanol–water partition coefficient (Wildman–Crippen LogP) is 4.90. The molecule has 2 aromatic rings. The van der Waals surface area contributed by atoms with Crippen molar-refractivity contribution < 1.29 is 33.7 Å². The Morgan fingerprint density at radius 2 is 1.82 bits per heavy atom. The molecule has 3 aliphatic rings. The molecule has 1 N–H and O–H groups in total. The van der Waals surface area contributed by atoms with Crippen LogP contribution in [0.4, 0.5) is 4.79 Å². The molecule has 5 rings (SSSR count). The van der Waals surface area contributed by atoms with E-state index in [1.165, 1.54) is 0 Å². The van der Waals surface area contributed by atoms with E-state index in [1.807, 2.05) is 36.4 Å². The number of amides is 2. The van der Waals surface area contributed by atoms with Gasteiger partial charge in [0.2, 0.25) is 11.8 Å². The van der Waals surface area contributed by atoms with E-state index in [9.17, 15) is 14.4 Å². The molecule has 0 aromatic heterocycles. The van der Waals surface area contributed by atoms with Gasteiger partial charge in [-0.1, -0.05) is 43.6 Å². The Bertz CT molecular complexity index is 1270. The number of rotatable bonds is 6. The number of carbonyl (C=O) groups excluding carboxylic acids is 2. The van der Waals surface area contributed by atoms with Crippen molar-refractivity contribution in [3.05, 3.63) is 58.1 Å². The van der Waals surface area contributed by atoms with Gasteiger partial charge >= 0.3 is 6.16 Å². The molecule has 10 heteroatoms. The normalized spacial score (nSPS) is 21.1. The number of halogens is 1. The van der Waals surface area contributed by atoms with Crippen LogP contribution in [0.3, 0.4) is 0 Å². The number of hydrogen-bond acceptors (Lipinski definition) is 6. The molecule has 3 aliphatic heterocycles. The standard InChI is InChI=1S/C30H35ClN2O7/c1-18(2)14-24-21-7-6-19(31)15-23(21)25(22-4-3-5-26-28(22)39-13-12-38-26)16-33(29(24)35)17-27(34)32-10-8-20(9-11-32)40-30(36)37/h3-7,15,18,20,24-25H,8-14,16-17H2,1-2H3,(H,36,37). The Morgan fingerprint density at radius 1 is 1.07 bits per heavy atom. The molecule has 2 unspecified atom stereocenters. The van der Waals surface area contributed by atoms with Gasteiger partial charge in [0.05, 0.1) is 12.5 Å². The fraction of sp³-hybridized carbons (Fsp3) is 0.500. The first-order valence-electron chi connectivity index (χ1n) is 13.8.